The van der Waals surface area contributed by atoms with Crippen LogP contribution in [0.1, 0.15) is 34.6 Å². The molecule has 0 bridgehead atoms. The van der Waals surface area contributed by atoms with Gasteiger partial charge in [-0.1, -0.05) is 33.6 Å². The summed E-state index contributed by atoms with van der Waals surface area (Å²) >= 11 is 0. The maximum Gasteiger partial charge on any atom is 0.708 e. The topological polar surface area (TPSA) is 78.9 Å². The Morgan fingerprint density at radius 3 is 1.09 bits per heavy atom. The minimum absolute atomic E-state index is 0.0928. The summed E-state index contributed by atoms with van der Waals surface area (Å²) < 4.78 is 15.7. The molecule has 0 unspecified atom stereocenters. The molecule has 0 N–H and O–H groups in total. The first-order valence-corrected chi connectivity index (χ1v) is 8.39. The van der Waals surface area contributed by atoms with Gasteiger partial charge in [-0.3, -0.25) is 0 Å². The van der Waals surface area contributed by atoms with Crippen LogP contribution in [-0.4, -0.2) is 26.7 Å². The van der Waals surface area contributed by atoms with Crippen LogP contribution < -0.4 is 0 Å². The number of carbonyl (C=O) groups is 3. The predicted molar refractivity (Wildman–Crippen MR) is 83.6 cm³/mol. The molecule has 0 aromatic rings. The maximum atomic E-state index is 11.9. The van der Waals surface area contributed by atoms with Crippen molar-refractivity contribution >= 4 is 26.7 Å². The second kappa shape index (κ2) is 7.74. The third-order valence-electron chi connectivity index (χ3n) is 2.46. The van der Waals surface area contributed by atoms with E-state index in [0.717, 1.165) is 0 Å². The first kappa shape index (κ1) is 19.8. The zero-order valence-corrected chi connectivity index (χ0v) is 14.6. The molecule has 0 heterocycles. The van der Waals surface area contributed by atoms with E-state index in [9.17, 15) is 14.4 Å². The van der Waals surface area contributed by atoms with Gasteiger partial charge in [-0.25, -0.2) is 14.4 Å². The molecule has 0 aromatic heterocycles. The van der Waals surface area contributed by atoms with E-state index in [1.54, 1.807) is 13.8 Å². The molecular weight excluding hydrogens is 304 g/mol. The Bertz CT molecular complexity index is 463. The van der Waals surface area contributed by atoms with Crippen LogP contribution in [0.15, 0.2) is 36.5 Å². The second-order valence-corrected chi connectivity index (χ2v) is 8.24. The number of hydrogen-bond donors (Lipinski definition) is 0. The van der Waals surface area contributed by atoms with Crippen molar-refractivity contribution < 1.29 is 27.7 Å². The van der Waals surface area contributed by atoms with E-state index in [0.29, 0.717) is 0 Å². The monoisotopic (exact) mass is 326 g/mol. The van der Waals surface area contributed by atoms with Crippen molar-refractivity contribution in [3.05, 3.63) is 36.5 Å². The fraction of sp³-hybridized carbons (Fsp3) is 0.400. The van der Waals surface area contributed by atoms with Gasteiger partial charge in [-0.2, -0.15) is 0 Å². The number of rotatable bonds is 7. The largest absolute Gasteiger partial charge is 0.708 e. The molecular formula is C15H22O6Si. The van der Waals surface area contributed by atoms with Crippen molar-refractivity contribution in [3.63, 3.8) is 0 Å². The molecule has 0 aromatic carbocycles. The molecule has 0 aliphatic rings. The Morgan fingerprint density at radius 2 is 0.955 bits per heavy atom. The summed E-state index contributed by atoms with van der Waals surface area (Å²) in [6, 6.07) is 0. The summed E-state index contributed by atoms with van der Waals surface area (Å²) in [7, 11) is -3.98. The summed E-state index contributed by atoms with van der Waals surface area (Å²) in [5, 5.41) is 0. The quantitative estimate of drug-likeness (QED) is 0.529. The van der Waals surface area contributed by atoms with E-state index >= 15 is 0 Å². The van der Waals surface area contributed by atoms with Crippen LogP contribution in [0.4, 0.5) is 0 Å². The van der Waals surface area contributed by atoms with E-state index in [4.69, 9.17) is 13.3 Å². The van der Waals surface area contributed by atoms with Gasteiger partial charge >= 0.3 is 26.7 Å². The zero-order chi connectivity index (χ0) is 17.7. The highest BCUT2D eigenvalue weighted by molar-refractivity contribution is 6.67. The summed E-state index contributed by atoms with van der Waals surface area (Å²) in [6.45, 7) is 17.9. The van der Waals surface area contributed by atoms with E-state index in [1.807, 2.05) is 0 Å². The Balaban J connectivity index is 5.73. The third-order valence-corrected chi connectivity index (χ3v) is 5.28. The third kappa shape index (κ3) is 5.32. The lowest BCUT2D eigenvalue weighted by molar-refractivity contribution is -0.146. The average Bonchev–Trinajstić information content (AvgIpc) is 2.37. The highest BCUT2D eigenvalue weighted by Crippen LogP contribution is 2.28. The lowest BCUT2D eigenvalue weighted by Gasteiger charge is -2.30. The number of hydrogen-bond acceptors (Lipinski definition) is 6. The average molecular weight is 326 g/mol. The molecule has 6 nitrogen and oxygen atoms in total. The van der Waals surface area contributed by atoms with Crippen LogP contribution in [0.3, 0.4) is 0 Å². The Labute approximate surface area is 131 Å². The van der Waals surface area contributed by atoms with Gasteiger partial charge in [0.15, 0.2) is 0 Å². The highest BCUT2D eigenvalue weighted by atomic mass is 28.4. The Morgan fingerprint density at radius 1 is 0.727 bits per heavy atom. The first-order valence-electron chi connectivity index (χ1n) is 6.59. The minimum atomic E-state index is -3.98. The molecule has 7 heteroatoms. The van der Waals surface area contributed by atoms with Crippen molar-refractivity contribution in [1.29, 1.82) is 0 Å². The fourth-order valence-corrected chi connectivity index (χ4v) is 3.20. The SMILES string of the molecule is C=C(C)C(=O)O[Si](OC(=O)C(=C)C)(OC(=O)C(=C)C)C(C)C. The highest BCUT2D eigenvalue weighted by Gasteiger charge is 2.56. The predicted octanol–water partition coefficient (Wildman–Crippen LogP) is 2.69. The summed E-state index contributed by atoms with van der Waals surface area (Å²) in [6.07, 6.45) is 0. The van der Waals surface area contributed by atoms with Crippen LogP contribution in [-0.2, 0) is 27.7 Å². The van der Waals surface area contributed by atoms with Crippen LogP contribution >= 0.6 is 0 Å². The molecule has 0 saturated heterocycles. The van der Waals surface area contributed by atoms with Crippen LogP contribution in [0.5, 0.6) is 0 Å². The Hall–Kier alpha value is -2.15. The maximum absolute atomic E-state index is 11.9. The summed E-state index contributed by atoms with van der Waals surface area (Å²) in [5.41, 5.74) is -0.261. The van der Waals surface area contributed by atoms with Crippen LogP contribution in [0.25, 0.3) is 0 Å². The zero-order valence-electron chi connectivity index (χ0n) is 13.6. The first-order chi connectivity index (χ1) is 9.92. The lowest BCUT2D eigenvalue weighted by Crippen LogP contribution is -2.53. The molecule has 0 saturated carbocycles. The normalized spacial score (nSPS) is 10.6. The van der Waals surface area contributed by atoms with Gasteiger partial charge in [0.25, 0.3) is 0 Å². The van der Waals surface area contributed by atoms with Gasteiger partial charge in [0, 0.05) is 16.7 Å². The van der Waals surface area contributed by atoms with Gasteiger partial charge in [-0.05, 0) is 20.8 Å². The van der Waals surface area contributed by atoms with Crippen LogP contribution in [0.2, 0.25) is 5.54 Å². The van der Waals surface area contributed by atoms with Crippen LogP contribution in [0, 0.1) is 0 Å². The van der Waals surface area contributed by atoms with Gasteiger partial charge < -0.3 is 13.3 Å². The van der Waals surface area contributed by atoms with E-state index in [-0.39, 0.29) is 16.7 Å². The molecule has 0 amide bonds. The number of carbonyl (C=O) groups excluding carboxylic acids is 3. The van der Waals surface area contributed by atoms with Crippen molar-refractivity contribution in [3.8, 4) is 0 Å². The minimum Gasteiger partial charge on any atom is -0.451 e. The Kier molecular flexibility index (Phi) is 6.98. The standard InChI is InChI=1S/C15H22O6Si/c1-9(2)13(16)19-22(12(7)8,20-14(17)10(3)4)21-15(18)11(5)6/h12H,1,3,5H2,2,4,6-8H3. The fourth-order valence-electron chi connectivity index (χ4n) is 1.07. The van der Waals surface area contributed by atoms with E-state index in [1.165, 1.54) is 20.8 Å². The second-order valence-electron chi connectivity index (χ2n) is 5.27. The van der Waals surface area contributed by atoms with Gasteiger partial charge in [0.1, 0.15) is 0 Å². The molecule has 0 aliphatic heterocycles. The van der Waals surface area contributed by atoms with Crippen molar-refractivity contribution in [2.24, 2.45) is 0 Å². The molecule has 22 heavy (non-hydrogen) atoms. The molecule has 0 rings (SSSR count). The molecule has 0 atom stereocenters. The lowest BCUT2D eigenvalue weighted by atomic mass is 10.4. The van der Waals surface area contributed by atoms with Gasteiger partial charge in [0.2, 0.25) is 0 Å². The van der Waals surface area contributed by atoms with E-state index < -0.39 is 32.3 Å². The van der Waals surface area contributed by atoms with Crippen molar-refractivity contribution in [1.82, 2.24) is 0 Å². The van der Waals surface area contributed by atoms with Crippen molar-refractivity contribution in [2.45, 2.75) is 40.2 Å². The smallest absolute Gasteiger partial charge is 0.451 e. The molecule has 0 aliphatic carbocycles. The molecule has 0 spiro atoms. The molecule has 0 radical (unpaired) electrons. The molecule has 122 valence electrons. The van der Waals surface area contributed by atoms with E-state index in [2.05, 4.69) is 19.7 Å². The van der Waals surface area contributed by atoms with Crippen molar-refractivity contribution in [2.75, 3.05) is 0 Å². The summed E-state index contributed by atoms with van der Waals surface area (Å²) in [4.78, 5) is 35.6. The van der Waals surface area contributed by atoms with Gasteiger partial charge in [-0.15, -0.1) is 0 Å². The molecule has 0 fully saturated rings. The van der Waals surface area contributed by atoms with Gasteiger partial charge in [0.05, 0.1) is 5.54 Å². The summed E-state index contributed by atoms with van der Waals surface area (Å²) in [5.74, 6) is -2.40.